The first-order valence-corrected chi connectivity index (χ1v) is 8.07. The highest BCUT2D eigenvalue weighted by Crippen LogP contribution is 2.31. The molecule has 1 atom stereocenters. The monoisotopic (exact) mass is 368 g/mol. The van der Waals surface area contributed by atoms with Crippen LogP contribution in [0.4, 0.5) is 10.5 Å². The summed E-state index contributed by atoms with van der Waals surface area (Å²) < 4.78 is 6.16. The van der Waals surface area contributed by atoms with Crippen LogP contribution >= 0.6 is 15.9 Å². The minimum Gasteiger partial charge on any atom is -0.444 e. The SMILES string of the molecule is CC(C)(C)OC(=O)N[C@H]1CCN(c2c(Br)cccc2C=O)C1. The van der Waals surface area contributed by atoms with Crippen molar-refractivity contribution in [2.45, 2.75) is 38.8 Å². The number of carbonyl (C=O) groups excluding carboxylic acids is 2. The molecule has 6 heteroatoms. The third-order valence-electron chi connectivity index (χ3n) is 3.37. The lowest BCUT2D eigenvalue weighted by molar-refractivity contribution is 0.0509. The fraction of sp³-hybridized carbons (Fsp3) is 0.500. The molecule has 1 N–H and O–H groups in total. The van der Waals surface area contributed by atoms with Crippen molar-refractivity contribution in [3.8, 4) is 0 Å². The molecule has 1 aliphatic rings. The third-order valence-corrected chi connectivity index (χ3v) is 4.01. The molecule has 0 aromatic heterocycles. The number of nitrogens with one attached hydrogen (secondary N) is 1. The zero-order valence-corrected chi connectivity index (χ0v) is 14.6. The number of anilines is 1. The molecule has 1 fully saturated rings. The lowest BCUT2D eigenvalue weighted by Crippen LogP contribution is -2.40. The first kappa shape index (κ1) is 16.8. The Morgan fingerprint density at radius 3 is 2.82 bits per heavy atom. The van der Waals surface area contributed by atoms with Gasteiger partial charge in [0, 0.05) is 23.1 Å². The molecule has 1 saturated heterocycles. The van der Waals surface area contributed by atoms with Gasteiger partial charge in [-0.05, 0) is 55.3 Å². The van der Waals surface area contributed by atoms with E-state index in [2.05, 4.69) is 26.1 Å². The number of halogens is 1. The third kappa shape index (κ3) is 4.22. The zero-order valence-electron chi connectivity index (χ0n) is 13.1. The quantitative estimate of drug-likeness (QED) is 0.830. The number of alkyl carbamates (subject to hydrolysis) is 1. The minimum absolute atomic E-state index is 0.0152. The molecule has 0 aliphatic carbocycles. The van der Waals surface area contributed by atoms with Gasteiger partial charge in [-0.25, -0.2) is 4.79 Å². The van der Waals surface area contributed by atoms with E-state index in [1.165, 1.54) is 0 Å². The number of ether oxygens (including phenoxy) is 1. The Balaban J connectivity index is 2.02. The van der Waals surface area contributed by atoms with Crippen LogP contribution < -0.4 is 10.2 Å². The van der Waals surface area contributed by atoms with Crippen molar-refractivity contribution in [1.29, 1.82) is 0 Å². The topological polar surface area (TPSA) is 58.6 Å². The number of carbonyl (C=O) groups is 2. The van der Waals surface area contributed by atoms with E-state index in [1.807, 2.05) is 32.9 Å². The summed E-state index contributed by atoms with van der Waals surface area (Å²) in [6.45, 7) is 6.95. The maximum absolute atomic E-state index is 11.8. The highest BCUT2D eigenvalue weighted by molar-refractivity contribution is 9.10. The van der Waals surface area contributed by atoms with Crippen LogP contribution in [-0.2, 0) is 4.74 Å². The normalized spacial score (nSPS) is 18.2. The van der Waals surface area contributed by atoms with Crippen LogP contribution in [0.2, 0.25) is 0 Å². The van der Waals surface area contributed by atoms with Gasteiger partial charge in [0.25, 0.3) is 0 Å². The molecule has 120 valence electrons. The zero-order chi connectivity index (χ0) is 16.3. The smallest absolute Gasteiger partial charge is 0.407 e. The van der Waals surface area contributed by atoms with Crippen LogP contribution in [0, 0.1) is 0 Å². The summed E-state index contributed by atoms with van der Waals surface area (Å²) in [5.41, 5.74) is 1.02. The number of rotatable bonds is 3. The summed E-state index contributed by atoms with van der Waals surface area (Å²) in [6, 6.07) is 5.56. The van der Waals surface area contributed by atoms with Crippen molar-refractivity contribution in [3.63, 3.8) is 0 Å². The van der Waals surface area contributed by atoms with E-state index in [-0.39, 0.29) is 6.04 Å². The van der Waals surface area contributed by atoms with Gasteiger partial charge < -0.3 is 15.0 Å². The fourth-order valence-electron chi connectivity index (χ4n) is 2.52. The Morgan fingerprint density at radius 1 is 1.45 bits per heavy atom. The van der Waals surface area contributed by atoms with Crippen LogP contribution in [0.5, 0.6) is 0 Å². The molecule has 5 nitrogen and oxygen atoms in total. The average molecular weight is 369 g/mol. The van der Waals surface area contributed by atoms with Crippen LogP contribution in [0.15, 0.2) is 22.7 Å². The lowest BCUT2D eigenvalue weighted by Gasteiger charge is -2.23. The van der Waals surface area contributed by atoms with Gasteiger partial charge in [-0.1, -0.05) is 6.07 Å². The average Bonchev–Trinajstić information content (AvgIpc) is 2.83. The second-order valence-electron chi connectivity index (χ2n) is 6.37. The number of hydrogen-bond donors (Lipinski definition) is 1. The first-order chi connectivity index (χ1) is 10.3. The highest BCUT2D eigenvalue weighted by Gasteiger charge is 2.28. The molecular weight excluding hydrogens is 348 g/mol. The van der Waals surface area contributed by atoms with E-state index in [0.717, 1.165) is 29.4 Å². The molecule has 22 heavy (non-hydrogen) atoms. The summed E-state index contributed by atoms with van der Waals surface area (Å²) in [4.78, 5) is 25.2. The molecule has 1 amide bonds. The predicted molar refractivity (Wildman–Crippen MR) is 89.5 cm³/mol. The Kier molecular flexibility index (Phi) is 5.11. The van der Waals surface area contributed by atoms with Gasteiger partial charge in [0.05, 0.1) is 11.7 Å². The maximum atomic E-state index is 11.8. The van der Waals surface area contributed by atoms with Crippen LogP contribution in [0.3, 0.4) is 0 Å². The maximum Gasteiger partial charge on any atom is 0.407 e. The van der Waals surface area contributed by atoms with E-state index in [4.69, 9.17) is 4.74 Å². The number of amides is 1. The van der Waals surface area contributed by atoms with Crippen molar-refractivity contribution in [2.75, 3.05) is 18.0 Å². The molecule has 1 heterocycles. The second kappa shape index (κ2) is 6.69. The van der Waals surface area contributed by atoms with Gasteiger partial charge in [-0.15, -0.1) is 0 Å². The van der Waals surface area contributed by atoms with E-state index in [9.17, 15) is 9.59 Å². The number of aldehydes is 1. The summed E-state index contributed by atoms with van der Waals surface area (Å²) in [5.74, 6) is 0. The molecule has 1 aromatic rings. The lowest BCUT2D eigenvalue weighted by atomic mass is 10.2. The standard InChI is InChI=1S/C16H21BrN2O3/c1-16(2,3)22-15(21)18-12-7-8-19(9-12)14-11(10-20)5-4-6-13(14)17/h4-6,10,12H,7-9H2,1-3H3,(H,18,21)/t12-/m0/s1. The van der Waals surface area contributed by atoms with Crippen LogP contribution in [-0.4, -0.2) is 37.1 Å². The largest absolute Gasteiger partial charge is 0.444 e. The molecule has 0 saturated carbocycles. The second-order valence-corrected chi connectivity index (χ2v) is 7.23. The van der Waals surface area contributed by atoms with E-state index in [0.29, 0.717) is 12.1 Å². The van der Waals surface area contributed by atoms with Crippen LogP contribution in [0.25, 0.3) is 0 Å². The van der Waals surface area contributed by atoms with E-state index >= 15 is 0 Å². The number of hydrogen-bond acceptors (Lipinski definition) is 4. The number of benzene rings is 1. The summed E-state index contributed by atoms with van der Waals surface area (Å²) in [5, 5.41) is 2.89. The summed E-state index contributed by atoms with van der Waals surface area (Å²) in [7, 11) is 0. The molecule has 2 rings (SSSR count). The highest BCUT2D eigenvalue weighted by atomic mass is 79.9. The molecule has 0 bridgehead atoms. The Hall–Kier alpha value is -1.56. The molecule has 0 spiro atoms. The van der Waals surface area contributed by atoms with E-state index < -0.39 is 11.7 Å². The Labute approximate surface area is 139 Å². The summed E-state index contributed by atoms with van der Waals surface area (Å²) in [6.07, 6.45) is 1.27. The van der Waals surface area contributed by atoms with Crippen molar-refractivity contribution >= 4 is 34.0 Å². The molecule has 1 aliphatic heterocycles. The minimum atomic E-state index is -0.504. The molecule has 1 aromatic carbocycles. The van der Waals surface area contributed by atoms with Crippen molar-refractivity contribution < 1.29 is 14.3 Å². The van der Waals surface area contributed by atoms with Crippen molar-refractivity contribution in [1.82, 2.24) is 5.32 Å². The van der Waals surface area contributed by atoms with Gasteiger partial charge in [0.1, 0.15) is 5.60 Å². The fourth-order valence-corrected chi connectivity index (χ4v) is 3.15. The summed E-state index contributed by atoms with van der Waals surface area (Å²) >= 11 is 3.50. The Bertz CT molecular complexity index is 569. The number of para-hydroxylation sites is 1. The molecule has 0 unspecified atom stereocenters. The predicted octanol–water partition coefficient (Wildman–Crippen LogP) is 3.37. The van der Waals surface area contributed by atoms with Gasteiger partial charge in [-0.3, -0.25) is 4.79 Å². The van der Waals surface area contributed by atoms with Gasteiger partial charge in [-0.2, -0.15) is 0 Å². The molecule has 0 radical (unpaired) electrons. The van der Waals surface area contributed by atoms with Crippen LogP contribution in [0.1, 0.15) is 37.6 Å². The van der Waals surface area contributed by atoms with Gasteiger partial charge in [0.2, 0.25) is 0 Å². The Morgan fingerprint density at radius 2 is 2.18 bits per heavy atom. The van der Waals surface area contributed by atoms with Crippen molar-refractivity contribution in [3.05, 3.63) is 28.2 Å². The first-order valence-electron chi connectivity index (χ1n) is 7.28. The molecular formula is C16H21BrN2O3. The van der Waals surface area contributed by atoms with Gasteiger partial charge in [0.15, 0.2) is 6.29 Å². The van der Waals surface area contributed by atoms with E-state index in [1.54, 1.807) is 6.07 Å². The van der Waals surface area contributed by atoms with Gasteiger partial charge >= 0.3 is 6.09 Å². The number of nitrogens with zero attached hydrogens (tertiary/aromatic N) is 1. The van der Waals surface area contributed by atoms with Crippen molar-refractivity contribution in [2.24, 2.45) is 0 Å².